The number of nitrogens with zero attached hydrogens (tertiary/aromatic N) is 5. The predicted molar refractivity (Wildman–Crippen MR) is 170 cm³/mol. The van der Waals surface area contributed by atoms with Crippen LogP contribution in [0.2, 0.25) is 0 Å². The number of allylic oxidation sites excluding steroid dienone is 2. The Morgan fingerprint density at radius 1 is 0.850 bits per heavy atom. The van der Waals surface area contributed by atoms with Crippen molar-refractivity contribution in [1.29, 1.82) is 0 Å². The first-order valence-corrected chi connectivity index (χ1v) is 15.0. The fourth-order valence-electron chi connectivity index (χ4n) is 4.33. The first-order chi connectivity index (χ1) is 19.6. The molecule has 0 atom stereocenters. The number of hydrogen-bond acceptors (Lipinski definition) is 8. The number of aromatic nitrogens is 3. The molecule has 40 heavy (non-hydrogen) atoms. The van der Waals surface area contributed by atoms with E-state index in [-0.39, 0.29) is 0 Å². The molecule has 0 amide bonds. The van der Waals surface area contributed by atoms with Gasteiger partial charge < -0.3 is 20.7 Å². The van der Waals surface area contributed by atoms with Gasteiger partial charge in [0, 0.05) is 30.7 Å². The van der Waals surface area contributed by atoms with Gasteiger partial charge >= 0.3 is 6.01 Å². The van der Waals surface area contributed by atoms with E-state index < -0.39 is 0 Å². The van der Waals surface area contributed by atoms with E-state index in [1.54, 1.807) is 11.1 Å². The van der Waals surface area contributed by atoms with Gasteiger partial charge in [0.1, 0.15) is 0 Å². The van der Waals surface area contributed by atoms with Crippen molar-refractivity contribution in [1.82, 2.24) is 19.9 Å². The van der Waals surface area contributed by atoms with Gasteiger partial charge in [0.05, 0.1) is 6.61 Å². The Bertz CT molecular complexity index is 995. The Balaban J connectivity index is 1.97. The lowest BCUT2D eigenvalue weighted by Crippen LogP contribution is -2.18. The zero-order valence-electron chi connectivity index (χ0n) is 25.0. The van der Waals surface area contributed by atoms with Gasteiger partial charge in [0.15, 0.2) is 0 Å². The summed E-state index contributed by atoms with van der Waals surface area (Å²) in [6.07, 6.45) is 23.6. The second-order valence-corrected chi connectivity index (χ2v) is 9.90. The number of anilines is 4. The minimum absolute atomic E-state index is 0.315. The smallest absolute Gasteiger partial charge is 0.323 e. The second kappa shape index (κ2) is 20.4. The molecule has 220 valence electrons. The highest BCUT2D eigenvalue weighted by molar-refractivity contribution is 5.63. The van der Waals surface area contributed by atoms with Crippen LogP contribution in [-0.4, -0.2) is 39.5 Å². The fourth-order valence-corrected chi connectivity index (χ4v) is 4.33. The molecule has 3 N–H and O–H groups in total. The molecule has 0 aliphatic carbocycles. The summed E-state index contributed by atoms with van der Waals surface area (Å²) in [7, 11) is 0. The lowest BCUT2D eigenvalue weighted by molar-refractivity contribution is 0.281. The molecule has 8 heteroatoms. The van der Waals surface area contributed by atoms with Crippen molar-refractivity contribution < 1.29 is 4.74 Å². The first-order valence-electron chi connectivity index (χ1n) is 15.0. The van der Waals surface area contributed by atoms with Crippen LogP contribution in [0.1, 0.15) is 91.4 Å². The van der Waals surface area contributed by atoms with E-state index in [4.69, 9.17) is 10.5 Å². The molecule has 0 saturated heterocycles. The number of nitrogen functional groups attached to an aromatic ring is 1. The second-order valence-electron chi connectivity index (χ2n) is 9.90. The minimum atomic E-state index is 0.315. The molecule has 2 aromatic rings. The molecule has 0 aliphatic rings. The molecule has 1 aromatic carbocycles. The summed E-state index contributed by atoms with van der Waals surface area (Å²) in [6, 6.07) is 7.83. The largest absolute Gasteiger partial charge is 0.463 e. The molecule has 0 radical (unpaired) electrons. The maximum atomic E-state index is 6.01. The summed E-state index contributed by atoms with van der Waals surface area (Å²) >= 11 is 0. The third kappa shape index (κ3) is 13.0. The van der Waals surface area contributed by atoms with Crippen molar-refractivity contribution in [2.45, 2.75) is 91.4 Å². The normalized spacial score (nSPS) is 11.3. The number of unbranched alkanes of at least 4 members (excludes halogenated alkanes) is 9. The van der Waals surface area contributed by atoms with Gasteiger partial charge in [-0.2, -0.15) is 15.0 Å². The van der Waals surface area contributed by atoms with Crippen molar-refractivity contribution >= 4 is 23.3 Å². The SMILES string of the molecule is C=CN(c1ccc(N)cc1)c1nc(NCCCN(C=CC)C=CC)nc(OCCCCCCCCCCCC)n1. The molecule has 1 aromatic heterocycles. The van der Waals surface area contributed by atoms with Crippen LogP contribution < -0.4 is 20.7 Å². The van der Waals surface area contributed by atoms with Crippen LogP contribution in [0.15, 0.2) is 61.6 Å². The van der Waals surface area contributed by atoms with Gasteiger partial charge in [0.25, 0.3) is 0 Å². The van der Waals surface area contributed by atoms with Crippen molar-refractivity contribution in [2.24, 2.45) is 0 Å². The predicted octanol–water partition coefficient (Wildman–Crippen LogP) is 8.21. The van der Waals surface area contributed by atoms with E-state index in [2.05, 4.69) is 51.1 Å². The maximum absolute atomic E-state index is 6.01. The lowest BCUT2D eigenvalue weighted by atomic mass is 10.1. The van der Waals surface area contributed by atoms with Crippen LogP contribution in [0.4, 0.5) is 23.3 Å². The number of ether oxygens (including phenoxy) is 1. The Morgan fingerprint density at radius 3 is 2.08 bits per heavy atom. The van der Waals surface area contributed by atoms with Gasteiger partial charge in [-0.25, -0.2) is 0 Å². The Labute approximate surface area is 242 Å². The average Bonchev–Trinajstić information content (AvgIpc) is 2.95. The van der Waals surface area contributed by atoms with Gasteiger partial charge in [-0.1, -0.05) is 83.4 Å². The third-order valence-corrected chi connectivity index (χ3v) is 6.46. The molecule has 0 spiro atoms. The number of hydrogen-bond donors (Lipinski definition) is 2. The number of nitrogens with one attached hydrogen (secondary N) is 1. The number of nitrogens with two attached hydrogens (primary N) is 1. The highest BCUT2D eigenvalue weighted by atomic mass is 16.5. The molecular formula is C32H51N7O. The zero-order valence-corrected chi connectivity index (χ0v) is 25.0. The fraction of sp³-hybridized carbons (Fsp3) is 0.531. The topological polar surface area (TPSA) is 92.4 Å². The van der Waals surface area contributed by atoms with E-state index in [1.807, 2.05) is 50.3 Å². The monoisotopic (exact) mass is 549 g/mol. The van der Waals surface area contributed by atoms with Crippen molar-refractivity contribution in [3.63, 3.8) is 0 Å². The van der Waals surface area contributed by atoms with Crippen molar-refractivity contribution in [2.75, 3.05) is 35.6 Å². The van der Waals surface area contributed by atoms with E-state index >= 15 is 0 Å². The molecule has 0 unspecified atom stereocenters. The van der Waals surface area contributed by atoms with Crippen LogP contribution in [0.5, 0.6) is 6.01 Å². The summed E-state index contributed by atoms with van der Waals surface area (Å²) < 4.78 is 6.01. The molecule has 0 bridgehead atoms. The molecule has 0 aliphatic heterocycles. The highest BCUT2D eigenvalue weighted by Crippen LogP contribution is 2.25. The van der Waals surface area contributed by atoms with Crippen LogP contribution in [0.3, 0.4) is 0 Å². The van der Waals surface area contributed by atoms with Crippen molar-refractivity contribution in [3.8, 4) is 6.01 Å². The van der Waals surface area contributed by atoms with Crippen LogP contribution in [-0.2, 0) is 0 Å². The van der Waals surface area contributed by atoms with E-state index in [0.29, 0.717) is 36.7 Å². The third-order valence-electron chi connectivity index (χ3n) is 6.46. The van der Waals surface area contributed by atoms with Gasteiger partial charge in [-0.15, -0.1) is 0 Å². The molecule has 0 fully saturated rings. The summed E-state index contributed by atoms with van der Waals surface area (Å²) in [6.45, 7) is 12.4. The molecule has 1 heterocycles. The van der Waals surface area contributed by atoms with Crippen LogP contribution in [0.25, 0.3) is 0 Å². The molecule has 8 nitrogen and oxygen atoms in total. The van der Waals surface area contributed by atoms with Gasteiger partial charge in [-0.3, -0.25) is 4.90 Å². The average molecular weight is 550 g/mol. The molecule has 0 saturated carbocycles. The summed E-state index contributed by atoms with van der Waals surface area (Å²) in [4.78, 5) is 17.8. The summed E-state index contributed by atoms with van der Waals surface area (Å²) in [5.74, 6) is 0.925. The quantitative estimate of drug-likeness (QED) is 0.112. The zero-order chi connectivity index (χ0) is 28.8. The minimum Gasteiger partial charge on any atom is -0.463 e. The van der Waals surface area contributed by atoms with Crippen molar-refractivity contribution in [3.05, 3.63) is 61.6 Å². The Morgan fingerprint density at radius 2 is 1.48 bits per heavy atom. The lowest BCUT2D eigenvalue weighted by Gasteiger charge is -2.20. The standard InChI is InChI=1S/C32H51N7O/c1-5-9-10-11-12-13-14-15-16-17-27-40-32-36-30(34-23-18-26-38(24-6-2)25-7-3)35-31(37-32)39(8-4)29-21-19-28(33)20-22-29/h6-8,19-22,24-25H,4-5,9-18,23,26-27,33H2,1-3H3,(H,34,35,36,37). The number of benzene rings is 1. The molecule has 2 rings (SSSR count). The van der Waals surface area contributed by atoms with Gasteiger partial charge in [-0.05, 0) is 63.4 Å². The highest BCUT2D eigenvalue weighted by Gasteiger charge is 2.14. The van der Waals surface area contributed by atoms with Crippen LogP contribution in [0, 0.1) is 0 Å². The first kappa shape index (κ1) is 32.7. The van der Waals surface area contributed by atoms with E-state index in [0.717, 1.165) is 31.5 Å². The van der Waals surface area contributed by atoms with E-state index in [1.165, 1.54) is 51.4 Å². The summed E-state index contributed by atoms with van der Waals surface area (Å²) in [5.41, 5.74) is 7.43. The van der Waals surface area contributed by atoms with Gasteiger partial charge in [0.2, 0.25) is 11.9 Å². The molecular weight excluding hydrogens is 498 g/mol. The number of rotatable bonds is 22. The summed E-state index contributed by atoms with van der Waals surface area (Å²) in [5, 5.41) is 3.35. The Hall–Kier alpha value is -3.55. The Kier molecular flexibility index (Phi) is 16.6. The van der Waals surface area contributed by atoms with E-state index in [9.17, 15) is 0 Å². The maximum Gasteiger partial charge on any atom is 0.323 e. The van der Waals surface area contributed by atoms with Crippen LogP contribution >= 0.6 is 0 Å².